The van der Waals surface area contributed by atoms with Crippen LogP contribution in [0, 0.1) is 11.7 Å². The van der Waals surface area contributed by atoms with E-state index in [4.69, 9.17) is 4.74 Å². The molecule has 0 bridgehead atoms. The fourth-order valence-electron chi connectivity index (χ4n) is 4.43. The van der Waals surface area contributed by atoms with Gasteiger partial charge in [-0.25, -0.2) is 4.39 Å². The maximum Gasteiger partial charge on any atom is 0.228 e. The molecule has 0 saturated carbocycles. The van der Waals surface area contributed by atoms with Crippen molar-refractivity contribution >= 4 is 5.91 Å². The monoisotopic (exact) mass is 386 g/mol. The highest BCUT2D eigenvalue weighted by Crippen LogP contribution is 2.44. The third-order valence-corrected chi connectivity index (χ3v) is 5.97. The van der Waals surface area contributed by atoms with Crippen molar-refractivity contribution < 1.29 is 13.9 Å². The smallest absolute Gasteiger partial charge is 0.228 e. The molecule has 1 aromatic heterocycles. The van der Waals surface area contributed by atoms with Crippen LogP contribution in [0.15, 0.2) is 36.7 Å². The van der Waals surface area contributed by atoms with Gasteiger partial charge in [-0.05, 0) is 42.2 Å². The first-order valence-corrected chi connectivity index (χ1v) is 9.81. The molecule has 0 radical (unpaired) electrons. The number of hydrogen-bond donors (Lipinski definition) is 0. The molecule has 3 heterocycles. The van der Waals surface area contributed by atoms with Crippen LogP contribution in [0.1, 0.15) is 24.0 Å². The number of fused-ring (bicyclic) bond motifs is 2. The molecule has 2 aromatic rings. The summed E-state index contributed by atoms with van der Waals surface area (Å²) in [6.07, 6.45) is 5.25. The third kappa shape index (κ3) is 3.69. The van der Waals surface area contributed by atoms with Crippen LogP contribution in [0.3, 0.4) is 0 Å². The predicted octanol–water partition coefficient (Wildman–Crippen LogP) is 2.25. The van der Waals surface area contributed by atoms with Crippen LogP contribution >= 0.6 is 0 Å². The third-order valence-electron chi connectivity index (χ3n) is 5.97. The Morgan fingerprint density at radius 2 is 2.11 bits per heavy atom. The number of carbonyl (C=O) groups is 1. The van der Waals surface area contributed by atoms with Crippen molar-refractivity contribution in [3.8, 4) is 0 Å². The number of likely N-dealkylation sites (tertiary alicyclic amines) is 1. The molecule has 7 heteroatoms. The first kappa shape index (κ1) is 19.1. The molecule has 1 saturated heterocycles. The Balaban J connectivity index is 1.43. The minimum absolute atomic E-state index is 0.111. The van der Waals surface area contributed by atoms with Gasteiger partial charge in [0.1, 0.15) is 5.82 Å². The second kappa shape index (κ2) is 7.64. The Bertz CT molecular complexity index is 829. The topological polar surface area (TPSA) is 50.6 Å². The van der Waals surface area contributed by atoms with Gasteiger partial charge in [-0.15, -0.1) is 0 Å². The van der Waals surface area contributed by atoms with E-state index < -0.39 is 0 Å². The fourth-order valence-corrected chi connectivity index (χ4v) is 4.43. The Kier molecular flexibility index (Phi) is 5.21. The average molecular weight is 386 g/mol. The summed E-state index contributed by atoms with van der Waals surface area (Å²) in [6, 6.07) is 6.84. The van der Waals surface area contributed by atoms with E-state index in [0.717, 1.165) is 37.1 Å². The molecular formula is C21H27FN4O2. The molecule has 28 heavy (non-hydrogen) atoms. The molecule has 150 valence electrons. The molecule has 1 atom stereocenters. The van der Waals surface area contributed by atoms with Crippen molar-refractivity contribution in [2.45, 2.75) is 31.6 Å². The summed E-state index contributed by atoms with van der Waals surface area (Å²) >= 11 is 0. The van der Waals surface area contributed by atoms with Crippen molar-refractivity contribution in [3.63, 3.8) is 0 Å². The Labute approximate surface area is 164 Å². The summed E-state index contributed by atoms with van der Waals surface area (Å²) in [5.74, 6) is -0.250. The Morgan fingerprint density at radius 3 is 2.79 bits per heavy atom. The van der Waals surface area contributed by atoms with E-state index in [1.165, 1.54) is 6.07 Å². The normalized spacial score (nSPS) is 19.5. The van der Waals surface area contributed by atoms with Crippen LogP contribution in [0.4, 0.5) is 4.39 Å². The van der Waals surface area contributed by atoms with Crippen LogP contribution in [-0.2, 0) is 28.3 Å². The van der Waals surface area contributed by atoms with Crippen molar-refractivity contribution in [1.29, 1.82) is 0 Å². The first-order chi connectivity index (χ1) is 13.5. The number of nitrogens with zero attached hydrogens (tertiary/aromatic N) is 4. The number of aromatic nitrogens is 2. The van der Waals surface area contributed by atoms with Crippen molar-refractivity contribution in [3.05, 3.63) is 53.6 Å². The summed E-state index contributed by atoms with van der Waals surface area (Å²) in [7, 11) is 3.59. The number of halogens is 1. The number of amides is 1. The maximum atomic E-state index is 13.8. The number of benzene rings is 1. The molecule has 0 aliphatic carbocycles. The lowest BCUT2D eigenvalue weighted by atomic mass is 9.83. The highest BCUT2D eigenvalue weighted by atomic mass is 19.1. The molecule has 6 nitrogen and oxygen atoms in total. The van der Waals surface area contributed by atoms with Crippen LogP contribution in [-0.4, -0.2) is 59.2 Å². The summed E-state index contributed by atoms with van der Waals surface area (Å²) in [6.45, 7) is 3.45. The zero-order valence-electron chi connectivity index (χ0n) is 16.5. The molecule has 1 amide bonds. The number of carbonyl (C=O) groups excluding carboxylic acids is 1. The molecule has 0 N–H and O–H groups in total. The minimum Gasteiger partial charge on any atom is -0.365 e. The van der Waals surface area contributed by atoms with Crippen LogP contribution < -0.4 is 0 Å². The molecule has 2 aliphatic heterocycles. The van der Waals surface area contributed by atoms with Crippen LogP contribution in [0.5, 0.6) is 0 Å². The lowest BCUT2D eigenvalue weighted by molar-refractivity contribution is -0.135. The van der Waals surface area contributed by atoms with Gasteiger partial charge in [0.15, 0.2) is 0 Å². The minimum atomic E-state index is -0.378. The standard InChI is InChI=1S/C21H27FN4O2/c1-24(2)20(27)17(14-26-9-3-8-23-26)13-25-10-6-21(7-11-25)19-12-18(22)5-4-16(19)15-28-21/h3-5,8-9,12,17H,6-7,10-11,13-15H2,1-2H3. The molecular weight excluding hydrogens is 359 g/mol. The summed E-state index contributed by atoms with van der Waals surface area (Å²) < 4.78 is 21.7. The van der Waals surface area contributed by atoms with Crippen molar-refractivity contribution in [2.75, 3.05) is 33.7 Å². The molecule has 2 aliphatic rings. The summed E-state index contributed by atoms with van der Waals surface area (Å²) in [4.78, 5) is 16.7. The molecule has 1 fully saturated rings. The van der Waals surface area contributed by atoms with E-state index in [2.05, 4.69) is 10.00 Å². The lowest BCUT2D eigenvalue weighted by Crippen LogP contribution is -2.47. The van der Waals surface area contributed by atoms with Gasteiger partial charge in [0.05, 0.1) is 24.7 Å². The second-order valence-electron chi connectivity index (χ2n) is 8.04. The number of hydrogen-bond acceptors (Lipinski definition) is 4. The maximum absolute atomic E-state index is 13.8. The number of rotatable bonds is 5. The van der Waals surface area contributed by atoms with E-state index in [0.29, 0.717) is 19.7 Å². The summed E-state index contributed by atoms with van der Waals surface area (Å²) in [5.41, 5.74) is 1.72. The largest absolute Gasteiger partial charge is 0.365 e. The molecule has 1 aromatic carbocycles. The summed E-state index contributed by atoms with van der Waals surface area (Å²) in [5, 5.41) is 4.25. The Hall–Kier alpha value is -2.25. The van der Waals surface area contributed by atoms with Gasteiger partial charge in [0.25, 0.3) is 0 Å². The van der Waals surface area contributed by atoms with E-state index in [9.17, 15) is 9.18 Å². The highest BCUT2D eigenvalue weighted by Gasteiger charge is 2.43. The number of ether oxygens (including phenoxy) is 1. The lowest BCUT2D eigenvalue weighted by Gasteiger charge is -2.40. The average Bonchev–Trinajstić information content (AvgIpc) is 3.31. The zero-order chi connectivity index (χ0) is 19.7. The van der Waals surface area contributed by atoms with Gasteiger partial charge in [0, 0.05) is 46.1 Å². The quantitative estimate of drug-likeness (QED) is 0.791. The highest BCUT2D eigenvalue weighted by molar-refractivity contribution is 5.78. The molecule has 1 unspecified atom stereocenters. The van der Waals surface area contributed by atoms with E-state index in [-0.39, 0.29) is 23.2 Å². The van der Waals surface area contributed by atoms with Gasteiger partial charge in [-0.1, -0.05) is 6.07 Å². The Morgan fingerprint density at radius 1 is 1.32 bits per heavy atom. The fraction of sp³-hybridized carbons (Fsp3) is 0.524. The zero-order valence-corrected chi connectivity index (χ0v) is 16.5. The van der Waals surface area contributed by atoms with Crippen LogP contribution in [0.25, 0.3) is 0 Å². The first-order valence-electron chi connectivity index (χ1n) is 9.81. The van der Waals surface area contributed by atoms with E-state index in [1.807, 2.05) is 23.0 Å². The van der Waals surface area contributed by atoms with Crippen molar-refractivity contribution in [2.24, 2.45) is 5.92 Å². The van der Waals surface area contributed by atoms with Gasteiger partial charge in [-0.3, -0.25) is 9.48 Å². The van der Waals surface area contributed by atoms with Gasteiger partial charge in [0.2, 0.25) is 5.91 Å². The van der Waals surface area contributed by atoms with Gasteiger partial charge >= 0.3 is 0 Å². The molecule has 1 spiro atoms. The van der Waals surface area contributed by atoms with Crippen LogP contribution in [0.2, 0.25) is 0 Å². The van der Waals surface area contributed by atoms with E-state index >= 15 is 0 Å². The van der Waals surface area contributed by atoms with Gasteiger partial charge < -0.3 is 14.5 Å². The van der Waals surface area contributed by atoms with Gasteiger partial charge in [-0.2, -0.15) is 5.10 Å². The molecule has 4 rings (SSSR count). The SMILES string of the molecule is CN(C)C(=O)C(CN1CCC2(CC1)OCc1ccc(F)cc12)Cn1cccn1. The second-order valence-corrected chi connectivity index (χ2v) is 8.04. The van der Waals surface area contributed by atoms with Crippen molar-refractivity contribution in [1.82, 2.24) is 19.6 Å². The number of piperidine rings is 1. The predicted molar refractivity (Wildman–Crippen MR) is 103 cm³/mol. The van der Waals surface area contributed by atoms with E-state index in [1.54, 1.807) is 31.3 Å².